The fourth-order valence-corrected chi connectivity index (χ4v) is 3.28. The van der Waals surface area contributed by atoms with Gasteiger partial charge in [-0.25, -0.2) is 0 Å². The minimum absolute atomic E-state index is 0.245. The predicted molar refractivity (Wildman–Crippen MR) is 120 cm³/mol. The summed E-state index contributed by atoms with van der Waals surface area (Å²) in [5.74, 6) is -0.670. The third kappa shape index (κ3) is 6.44. The Hall–Kier alpha value is -3.62. The van der Waals surface area contributed by atoms with Gasteiger partial charge >= 0.3 is 5.97 Å². The van der Waals surface area contributed by atoms with E-state index in [9.17, 15) is 9.59 Å². The fraction of sp³-hybridized carbons (Fsp3) is 0.250. The molecule has 4 N–H and O–H groups in total. The van der Waals surface area contributed by atoms with E-state index < -0.39 is 12.0 Å². The van der Waals surface area contributed by atoms with Gasteiger partial charge in [0.15, 0.2) is 0 Å². The van der Waals surface area contributed by atoms with E-state index in [1.807, 2.05) is 30.3 Å². The summed E-state index contributed by atoms with van der Waals surface area (Å²) in [6.45, 7) is 1.52. The first kappa shape index (κ1) is 23.1. The number of hydrogen-bond acceptors (Lipinski definition) is 6. The van der Waals surface area contributed by atoms with E-state index >= 15 is 0 Å². The number of nitrogens with two attached hydrogens (primary N) is 1. The van der Waals surface area contributed by atoms with Crippen LogP contribution in [0.5, 0.6) is 5.75 Å². The summed E-state index contributed by atoms with van der Waals surface area (Å²) in [5.41, 5.74) is 8.74. The highest BCUT2D eigenvalue weighted by Gasteiger charge is 2.17. The zero-order chi connectivity index (χ0) is 22.9. The lowest BCUT2D eigenvalue weighted by Crippen LogP contribution is -2.35. The molecule has 1 amide bonds. The van der Waals surface area contributed by atoms with Gasteiger partial charge in [0.25, 0.3) is 5.91 Å². The van der Waals surface area contributed by atoms with E-state index in [2.05, 4.69) is 10.2 Å². The van der Waals surface area contributed by atoms with Crippen molar-refractivity contribution in [2.75, 3.05) is 19.0 Å². The van der Waals surface area contributed by atoms with Crippen molar-refractivity contribution in [2.24, 2.45) is 5.73 Å². The van der Waals surface area contributed by atoms with Gasteiger partial charge in [-0.1, -0.05) is 24.3 Å². The number of aliphatic carboxylic acids is 1. The normalized spacial score (nSPS) is 11.8. The Morgan fingerprint density at radius 1 is 1.16 bits per heavy atom. The Morgan fingerprint density at radius 3 is 2.69 bits per heavy atom. The van der Waals surface area contributed by atoms with E-state index in [0.29, 0.717) is 43.1 Å². The van der Waals surface area contributed by atoms with Crippen LogP contribution in [0, 0.1) is 0 Å². The van der Waals surface area contributed by atoms with Crippen LogP contribution < -0.4 is 15.8 Å². The highest BCUT2D eigenvalue weighted by molar-refractivity contribution is 6.04. The predicted octanol–water partition coefficient (Wildman–Crippen LogP) is 3.34. The van der Waals surface area contributed by atoms with E-state index in [1.165, 1.54) is 0 Å². The average molecular weight is 437 g/mol. The molecular weight excluding hydrogens is 410 g/mol. The van der Waals surface area contributed by atoms with Crippen LogP contribution in [0.15, 0.2) is 71.5 Å². The van der Waals surface area contributed by atoms with Gasteiger partial charge in [-0.05, 0) is 42.3 Å². The molecule has 1 unspecified atom stereocenters. The van der Waals surface area contributed by atoms with Gasteiger partial charge in [0.2, 0.25) is 0 Å². The summed E-state index contributed by atoms with van der Waals surface area (Å²) in [5, 5.41) is 12.1. The number of rotatable bonds is 11. The van der Waals surface area contributed by atoms with Crippen molar-refractivity contribution < 1.29 is 23.8 Å². The van der Waals surface area contributed by atoms with Gasteiger partial charge in [0, 0.05) is 36.4 Å². The molecule has 0 fully saturated rings. The minimum atomic E-state index is -1.03. The number of carbonyl (C=O) groups is 2. The van der Waals surface area contributed by atoms with Crippen molar-refractivity contribution in [1.29, 1.82) is 0 Å². The summed E-state index contributed by atoms with van der Waals surface area (Å²) in [6, 6.07) is 15.4. The number of hydrogen-bond donors (Lipinski definition) is 3. The van der Waals surface area contributed by atoms with Crippen molar-refractivity contribution in [2.45, 2.75) is 25.6 Å². The van der Waals surface area contributed by atoms with E-state index in [-0.39, 0.29) is 5.91 Å². The summed E-state index contributed by atoms with van der Waals surface area (Å²) in [7, 11) is 1.55. The monoisotopic (exact) mass is 437 g/mol. The van der Waals surface area contributed by atoms with Crippen LogP contribution in [0.1, 0.15) is 27.9 Å². The number of anilines is 1. The topological polar surface area (TPSA) is 118 Å². The van der Waals surface area contributed by atoms with Crippen LogP contribution in [0.2, 0.25) is 0 Å². The molecule has 1 heterocycles. The Kier molecular flexibility index (Phi) is 8.02. The fourth-order valence-electron chi connectivity index (χ4n) is 3.28. The lowest BCUT2D eigenvalue weighted by atomic mass is 10.1. The molecule has 0 spiro atoms. The van der Waals surface area contributed by atoms with E-state index in [4.69, 9.17) is 20.0 Å². The molecule has 0 radical (unpaired) electrons. The molecule has 3 rings (SSSR count). The summed E-state index contributed by atoms with van der Waals surface area (Å²) in [6.07, 6.45) is 3.55. The molecule has 0 aliphatic rings. The Morgan fingerprint density at radius 2 is 1.97 bits per heavy atom. The van der Waals surface area contributed by atoms with E-state index in [1.54, 1.807) is 43.9 Å². The molecule has 0 aliphatic heterocycles. The third-order valence-electron chi connectivity index (χ3n) is 5.05. The second-order valence-electron chi connectivity index (χ2n) is 7.42. The van der Waals surface area contributed by atoms with Gasteiger partial charge in [-0.15, -0.1) is 0 Å². The quantitative estimate of drug-likeness (QED) is 0.421. The number of amides is 1. The smallest absolute Gasteiger partial charge is 0.320 e. The number of carbonyl (C=O) groups excluding carboxylic acids is 1. The number of carboxylic acid groups (broad SMARTS) is 1. The molecule has 1 atom stereocenters. The Balaban J connectivity index is 1.75. The van der Waals surface area contributed by atoms with Gasteiger partial charge in [0.05, 0.1) is 19.6 Å². The molecule has 0 bridgehead atoms. The lowest BCUT2D eigenvalue weighted by Gasteiger charge is -2.24. The third-order valence-corrected chi connectivity index (χ3v) is 5.05. The van der Waals surface area contributed by atoms with Crippen LogP contribution in [-0.4, -0.2) is 41.6 Å². The first-order valence-corrected chi connectivity index (χ1v) is 10.2. The minimum Gasteiger partial charge on any atom is -0.497 e. The lowest BCUT2D eigenvalue weighted by molar-refractivity contribution is -0.138. The number of nitrogens with one attached hydrogen (secondary N) is 1. The molecule has 8 heteroatoms. The van der Waals surface area contributed by atoms with Crippen molar-refractivity contribution >= 4 is 17.6 Å². The molecule has 2 aromatic carbocycles. The van der Waals surface area contributed by atoms with Crippen LogP contribution in [0.4, 0.5) is 5.69 Å². The highest BCUT2D eigenvalue weighted by Crippen LogP contribution is 2.21. The first-order valence-electron chi connectivity index (χ1n) is 10.2. The van der Waals surface area contributed by atoms with Crippen LogP contribution in [0.25, 0.3) is 0 Å². The Bertz CT molecular complexity index is 1040. The second kappa shape index (κ2) is 11.1. The molecule has 32 heavy (non-hydrogen) atoms. The Labute approximate surface area is 186 Å². The summed E-state index contributed by atoms with van der Waals surface area (Å²) in [4.78, 5) is 26.0. The highest BCUT2D eigenvalue weighted by atomic mass is 16.5. The number of carboxylic acids is 1. The van der Waals surface area contributed by atoms with Crippen LogP contribution in [-0.2, 0) is 17.9 Å². The molecule has 0 saturated heterocycles. The molecular formula is C24H27N3O5. The van der Waals surface area contributed by atoms with Gasteiger partial charge < -0.3 is 25.3 Å². The van der Waals surface area contributed by atoms with Gasteiger partial charge in [0.1, 0.15) is 11.8 Å². The van der Waals surface area contributed by atoms with Crippen LogP contribution in [0.3, 0.4) is 0 Å². The van der Waals surface area contributed by atoms with Gasteiger partial charge in [-0.2, -0.15) is 0 Å². The largest absolute Gasteiger partial charge is 0.497 e. The van der Waals surface area contributed by atoms with Crippen molar-refractivity contribution in [3.8, 4) is 5.75 Å². The van der Waals surface area contributed by atoms with Crippen molar-refractivity contribution in [3.63, 3.8) is 0 Å². The molecule has 3 aromatic rings. The number of furan rings is 1. The number of methoxy groups -OCH3 is 1. The zero-order valence-electron chi connectivity index (χ0n) is 17.9. The number of benzene rings is 2. The van der Waals surface area contributed by atoms with Crippen LogP contribution >= 0.6 is 0 Å². The summed E-state index contributed by atoms with van der Waals surface area (Å²) < 4.78 is 10.4. The zero-order valence-corrected chi connectivity index (χ0v) is 17.9. The summed E-state index contributed by atoms with van der Waals surface area (Å²) >= 11 is 0. The first-order chi connectivity index (χ1) is 15.5. The van der Waals surface area contributed by atoms with E-state index in [0.717, 1.165) is 11.1 Å². The number of para-hydroxylation sites is 1. The SMILES string of the molecule is COc1cccc(C(=O)Nc2ccccc2CN(CCC(N)C(=O)O)Cc2ccoc2)c1. The van der Waals surface area contributed by atoms with Crippen molar-refractivity contribution in [1.82, 2.24) is 4.90 Å². The molecule has 8 nitrogen and oxygen atoms in total. The maximum Gasteiger partial charge on any atom is 0.320 e. The number of nitrogens with zero attached hydrogens (tertiary/aromatic N) is 1. The maximum absolute atomic E-state index is 12.8. The standard InChI is InChI=1S/C24H27N3O5/c1-31-20-7-4-6-18(13-20)23(28)26-22-8-3-2-5-19(22)15-27(11-9-21(25)24(29)30)14-17-10-12-32-16-17/h2-8,10,12-13,16,21H,9,11,14-15,25H2,1H3,(H,26,28)(H,29,30). The van der Waals surface area contributed by atoms with Crippen molar-refractivity contribution in [3.05, 3.63) is 83.8 Å². The molecule has 168 valence electrons. The second-order valence-corrected chi connectivity index (χ2v) is 7.42. The molecule has 0 aliphatic carbocycles. The average Bonchev–Trinajstić information content (AvgIpc) is 3.31. The number of ether oxygens (including phenoxy) is 1. The molecule has 1 aromatic heterocycles. The van der Waals surface area contributed by atoms with Gasteiger partial charge in [-0.3, -0.25) is 14.5 Å². The molecule has 0 saturated carbocycles. The maximum atomic E-state index is 12.8.